The number of nitrogens with zero attached hydrogens (tertiary/aromatic N) is 2. The topological polar surface area (TPSA) is 57.3 Å². The first-order valence-corrected chi connectivity index (χ1v) is 10.8. The maximum absolute atomic E-state index is 12.3. The highest BCUT2D eigenvalue weighted by molar-refractivity contribution is 7.80. The van der Waals surface area contributed by atoms with Gasteiger partial charge >= 0.3 is 0 Å². The molecule has 0 aliphatic heterocycles. The zero-order valence-electron chi connectivity index (χ0n) is 17.8. The highest BCUT2D eigenvalue weighted by atomic mass is 32.1. The number of pyridine rings is 1. The van der Waals surface area contributed by atoms with Crippen molar-refractivity contribution < 1.29 is 4.79 Å². The van der Waals surface area contributed by atoms with Gasteiger partial charge in [-0.15, -0.1) is 0 Å². The van der Waals surface area contributed by atoms with Crippen molar-refractivity contribution >= 4 is 23.2 Å². The van der Waals surface area contributed by atoms with E-state index in [2.05, 4.69) is 58.9 Å². The average molecular weight is 433 g/mol. The average Bonchev–Trinajstić information content (AvgIpc) is 2.80. The second-order valence-electron chi connectivity index (χ2n) is 7.45. The van der Waals surface area contributed by atoms with Gasteiger partial charge in [0.2, 0.25) is 5.91 Å². The summed E-state index contributed by atoms with van der Waals surface area (Å²) >= 11 is 5.61. The molecule has 0 saturated heterocycles. The van der Waals surface area contributed by atoms with Crippen LogP contribution in [0.3, 0.4) is 0 Å². The molecular formula is C25H28N4OS. The van der Waals surface area contributed by atoms with Gasteiger partial charge in [0.1, 0.15) is 0 Å². The van der Waals surface area contributed by atoms with Crippen molar-refractivity contribution in [3.05, 3.63) is 101 Å². The lowest BCUT2D eigenvalue weighted by molar-refractivity contribution is -0.119. The Bertz CT molecular complexity index is 920. The van der Waals surface area contributed by atoms with Crippen LogP contribution in [0.2, 0.25) is 0 Å². The number of aryl methyl sites for hydroxylation is 1. The van der Waals surface area contributed by atoms with Crippen molar-refractivity contribution in [2.24, 2.45) is 0 Å². The van der Waals surface area contributed by atoms with Crippen LogP contribution in [0, 0.1) is 6.92 Å². The van der Waals surface area contributed by atoms with Gasteiger partial charge in [0, 0.05) is 32.0 Å². The molecule has 3 aromatic rings. The number of rotatable bonds is 9. The minimum atomic E-state index is -0.0736. The molecule has 0 saturated carbocycles. The normalized spacial score (nSPS) is 10.4. The quantitative estimate of drug-likeness (QED) is 0.506. The van der Waals surface area contributed by atoms with Crippen LogP contribution >= 0.6 is 12.2 Å². The second kappa shape index (κ2) is 11.8. The van der Waals surface area contributed by atoms with Gasteiger partial charge in [-0.2, -0.15) is 0 Å². The number of hydrogen-bond donors (Lipinski definition) is 2. The summed E-state index contributed by atoms with van der Waals surface area (Å²) in [5, 5.41) is 6.60. The number of aromatic nitrogens is 1. The maximum atomic E-state index is 12.3. The molecule has 6 heteroatoms. The number of nitrogens with one attached hydrogen (secondary N) is 2. The predicted molar refractivity (Wildman–Crippen MR) is 128 cm³/mol. The number of carbonyl (C=O) groups is 1. The molecule has 0 bridgehead atoms. The Kier molecular flexibility index (Phi) is 8.55. The van der Waals surface area contributed by atoms with E-state index in [9.17, 15) is 4.79 Å². The number of thiocarbonyl (C=S) groups is 1. The molecule has 2 aromatic carbocycles. The van der Waals surface area contributed by atoms with E-state index in [0.29, 0.717) is 24.7 Å². The Morgan fingerprint density at radius 1 is 0.903 bits per heavy atom. The molecule has 1 amide bonds. The largest absolute Gasteiger partial charge is 0.354 e. The Labute approximate surface area is 189 Å². The molecule has 0 aliphatic carbocycles. The molecule has 5 nitrogen and oxygen atoms in total. The molecule has 31 heavy (non-hydrogen) atoms. The monoisotopic (exact) mass is 432 g/mol. The minimum absolute atomic E-state index is 0.0736. The summed E-state index contributed by atoms with van der Waals surface area (Å²) in [4.78, 5) is 18.5. The smallest absolute Gasteiger partial charge is 0.239 e. The number of amides is 1. The van der Waals surface area contributed by atoms with Crippen LogP contribution in [0.15, 0.2) is 79.1 Å². The highest BCUT2D eigenvalue weighted by Gasteiger charge is 2.12. The summed E-state index contributed by atoms with van der Waals surface area (Å²) in [6.45, 7) is 4.07. The first-order chi connectivity index (χ1) is 15.1. The van der Waals surface area contributed by atoms with Crippen LogP contribution in [0.4, 0.5) is 0 Å². The zero-order chi connectivity index (χ0) is 21.9. The van der Waals surface area contributed by atoms with Gasteiger partial charge in [0.05, 0.1) is 6.54 Å². The molecule has 3 rings (SSSR count). The van der Waals surface area contributed by atoms with E-state index >= 15 is 0 Å². The summed E-state index contributed by atoms with van der Waals surface area (Å²) in [5.41, 5.74) is 4.65. The standard InChI is InChI=1S/C25H28N4OS/c1-20-9-11-21(12-10-20)13-15-27-24(30)17-28-25(31)29(18-22-6-3-2-4-7-22)19-23-8-5-14-26-16-23/h2-12,14,16H,13,15,17-19H2,1H3,(H,27,30)(H,28,31). The lowest BCUT2D eigenvalue weighted by Crippen LogP contribution is -2.44. The van der Waals surface area contributed by atoms with Gasteiger partial charge in [0.15, 0.2) is 5.11 Å². The molecule has 0 atom stereocenters. The fourth-order valence-electron chi connectivity index (χ4n) is 3.15. The zero-order valence-corrected chi connectivity index (χ0v) is 18.6. The third kappa shape index (κ3) is 7.83. The van der Waals surface area contributed by atoms with E-state index in [-0.39, 0.29) is 12.5 Å². The van der Waals surface area contributed by atoms with Gasteiger partial charge in [-0.25, -0.2) is 0 Å². The molecular weight excluding hydrogens is 404 g/mol. The number of benzene rings is 2. The van der Waals surface area contributed by atoms with Crippen LogP contribution in [-0.4, -0.2) is 34.0 Å². The van der Waals surface area contributed by atoms with Crippen LogP contribution in [0.5, 0.6) is 0 Å². The lowest BCUT2D eigenvalue weighted by atomic mass is 10.1. The van der Waals surface area contributed by atoms with Crippen molar-refractivity contribution in [3.63, 3.8) is 0 Å². The Morgan fingerprint density at radius 3 is 2.32 bits per heavy atom. The summed E-state index contributed by atoms with van der Waals surface area (Å²) in [6, 6.07) is 22.4. The van der Waals surface area contributed by atoms with Crippen LogP contribution in [-0.2, 0) is 24.3 Å². The highest BCUT2D eigenvalue weighted by Crippen LogP contribution is 2.10. The number of carbonyl (C=O) groups excluding carboxylic acids is 1. The Hall–Kier alpha value is -3.25. The van der Waals surface area contributed by atoms with E-state index in [1.165, 1.54) is 11.1 Å². The van der Waals surface area contributed by atoms with E-state index < -0.39 is 0 Å². The molecule has 0 unspecified atom stereocenters. The second-order valence-corrected chi connectivity index (χ2v) is 7.83. The molecule has 160 valence electrons. The molecule has 2 N–H and O–H groups in total. The van der Waals surface area contributed by atoms with Gasteiger partial charge in [0.25, 0.3) is 0 Å². The first-order valence-electron chi connectivity index (χ1n) is 10.4. The summed E-state index contributed by atoms with van der Waals surface area (Å²) < 4.78 is 0. The third-order valence-electron chi connectivity index (χ3n) is 4.86. The van der Waals surface area contributed by atoms with E-state index in [1.807, 2.05) is 41.4 Å². The Balaban J connectivity index is 1.50. The van der Waals surface area contributed by atoms with E-state index in [4.69, 9.17) is 12.2 Å². The molecule has 1 aromatic heterocycles. The van der Waals surface area contributed by atoms with Crippen molar-refractivity contribution in [2.75, 3.05) is 13.1 Å². The van der Waals surface area contributed by atoms with Crippen LogP contribution in [0.25, 0.3) is 0 Å². The molecule has 0 fully saturated rings. The van der Waals surface area contributed by atoms with Crippen molar-refractivity contribution in [3.8, 4) is 0 Å². The van der Waals surface area contributed by atoms with E-state index in [0.717, 1.165) is 17.5 Å². The van der Waals surface area contributed by atoms with Gasteiger partial charge < -0.3 is 15.5 Å². The summed E-state index contributed by atoms with van der Waals surface area (Å²) in [6.07, 6.45) is 4.39. The van der Waals surface area contributed by atoms with Crippen molar-refractivity contribution in [1.29, 1.82) is 0 Å². The maximum Gasteiger partial charge on any atom is 0.239 e. The fourth-order valence-corrected chi connectivity index (χ4v) is 3.35. The molecule has 0 spiro atoms. The SMILES string of the molecule is Cc1ccc(CCNC(=O)CNC(=S)N(Cc2ccccc2)Cc2cccnc2)cc1. The van der Waals surface area contributed by atoms with Crippen molar-refractivity contribution in [1.82, 2.24) is 20.5 Å². The Morgan fingerprint density at radius 2 is 1.61 bits per heavy atom. The first kappa shape index (κ1) is 22.4. The van der Waals surface area contributed by atoms with E-state index in [1.54, 1.807) is 6.20 Å². The van der Waals surface area contributed by atoms with Gasteiger partial charge in [-0.05, 0) is 48.3 Å². The lowest BCUT2D eigenvalue weighted by Gasteiger charge is -2.26. The van der Waals surface area contributed by atoms with Gasteiger partial charge in [-0.3, -0.25) is 9.78 Å². The van der Waals surface area contributed by atoms with Crippen LogP contribution in [0.1, 0.15) is 22.3 Å². The predicted octanol–water partition coefficient (Wildman–Crippen LogP) is 3.63. The number of hydrogen-bond acceptors (Lipinski definition) is 3. The minimum Gasteiger partial charge on any atom is -0.354 e. The summed E-state index contributed by atoms with van der Waals surface area (Å²) in [5.74, 6) is -0.0736. The van der Waals surface area contributed by atoms with Crippen LogP contribution < -0.4 is 10.6 Å². The van der Waals surface area contributed by atoms with Gasteiger partial charge in [-0.1, -0.05) is 66.2 Å². The van der Waals surface area contributed by atoms with Crippen molar-refractivity contribution in [2.45, 2.75) is 26.4 Å². The molecule has 0 aliphatic rings. The summed E-state index contributed by atoms with van der Waals surface area (Å²) in [7, 11) is 0. The molecule has 1 heterocycles. The fraction of sp³-hybridized carbons (Fsp3) is 0.240. The molecule has 0 radical (unpaired) electrons. The third-order valence-corrected chi connectivity index (χ3v) is 5.26.